The summed E-state index contributed by atoms with van der Waals surface area (Å²) in [6.07, 6.45) is 0.534. The van der Waals surface area contributed by atoms with Gasteiger partial charge >= 0.3 is 6.09 Å². The van der Waals surface area contributed by atoms with Crippen molar-refractivity contribution in [2.75, 3.05) is 0 Å². The molecular weight excluding hydrogens is 318 g/mol. The molecule has 110 valence electrons. The SMILES string of the molecule is CC(C)(C)OC(=O)NC1CC(C)(C)c2cc(Br)ccc21. The van der Waals surface area contributed by atoms with Gasteiger partial charge in [-0.05, 0) is 55.9 Å². The molecule has 0 aliphatic heterocycles. The van der Waals surface area contributed by atoms with E-state index in [1.54, 1.807) is 0 Å². The van der Waals surface area contributed by atoms with Gasteiger partial charge in [-0.3, -0.25) is 0 Å². The second kappa shape index (κ2) is 5.06. The number of amides is 1. The highest BCUT2D eigenvalue weighted by Crippen LogP contribution is 2.45. The lowest BCUT2D eigenvalue weighted by molar-refractivity contribution is 0.0501. The van der Waals surface area contributed by atoms with Crippen LogP contribution in [0.1, 0.15) is 58.2 Å². The third-order valence-electron chi connectivity index (χ3n) is 3.53. The van der Waals surface area contributed by atoms with E-state index in [9.17, 15) is 4.79 Å². The van der Waals surface area contributed by atoms with E-state index in [0.717, 1.165) is 10.9 Å². The number of hydrogen-bond donors (Lipinski definition) is 1. The first-order valence-electron chi connectivity index (χ1n) is 6.88. The number of carbonyl (C=O) groups excluding carboxylic acids is 1. The zero-order valence-corrected chi connectivity index (χ0v) is 14.3. The molecule has 0 radical (unpaired) electrons. The fourth-order valence-corrected chi connectivity index (χ4v) is 3.09. The van der Waals surface area contributed by atoms with Gasteiger partial charge in [0.05, 0.1) is 6.04 Å². The number of benzene rings is 1. The smallest absolute Gasteiger partial charge is 0.408 e. The van der Waals surface area contributed by atoms with Crippen LogP contribution in [0.4, 0.5) is 4.79 Å². The summed E-state index contributed by atoms with van der Waals surface area (Å²) in [5, 5.41) is 2.99. The molecule has 0 saturated heterocycles. The van der Waals surface area contributed by atoms with E-state index in [2.05, 4.69) is 47.2 Å². The average Bonchev–Trinajstić information content (AvgIpc) is 2.47. The maximum absolute atomic E-state index is 12.0. The largest absolute Gasteiger partial charge is 0.444 e. The van der Waals surface area contributed by atoms with Crippen molar-refractivity contribution in [2.24, 2.45) is 0 Å². The Morgan fingerprint density at radius 2 is 2.05 bits per heavy atom. The number of carbonyl (C=O) groups is 1. The zero-order valence-electron chi connectivity index (χ0n) is 12.7. The van der Waals surface area contributed by atoms with Crippen molar-refractivity contribution in [1.29, 1.82) is 0 Å². The Kier molecular flexibility index (Phi) is 3.89. The van der Waals surface area contributed by atoms with Crippen LogP contribution in [-0.4, -0.2) is 11.7 Å². The number of nitrogens with one attached hydrogen (secondary N) is 1. The van der Waals surface area contributed by atoms with Crippen molar-refractivity contribution in [3.63, 3.8) is 0 Å². The molecule has 4 heteroatoms. The number of fused-ring (bicyclic) bond motifs is 1. The highest BCUT2D eigenvalue weighted by atomic mass is 79.9. The molecule has 0 heterocycles. The summed E-state index contributed by atoms with van der Waals surface area (Å²) in [6.45, 7) is 10.0. The van der Waals surface area contributed by atoms with Gasteiger partial charge in [-0.1, -0.05) is 35.8 Å². The molecule has 1 atom stereocenters. The molecule has 0 bridgehead atoms. The molecule has 3 nitrogen and oxygen atoms in total. The van der Waals surface area contributed by atoms with E-state index in [0.29, 0.717) is 0 Å². The minimum Gasteiger partial charge on any atom is -0.444 e. The van der Waals surface area contributed by atoms with Crippen LogP contribution in [0, 0.1) is 0 Å². The van der Waals surface area contributed by atoms with Crippen LogP contribution in [0.3, 0.4) is 0 Å². The molecule has 1 aromatic rings. The number of ether oxygens (including phenoxy) is 1. The van der Waals surface area contributed by atoms with Crippen LogP contribution >= 0.6 is 15.9 Å². The predicted octanol–water partition coefficient (Wildman–Crippen LogP) is 4.70. The van der Waals surface area contributed by atoms with E-state index in [1.165, 1.54) is 11.1 Å². The lowest BCUT2D eigenvalue weighted by Gasteiger charge is -2.23. The van der Waals surface area contributed by atoms with Gasteiger partial charge in [0.1, 0.15) is 5.60 Å². The molecule has 0 aromatic heterocycles. The van der Waals surface area contributed by atoms with Crippen molar-refractivity contribution < 1.29 is 9.53 Å². The first-order chi connectivity index (χ1) is 9.08. The molecule has 0 spiro atoms. The predicted molar refractivity (Wildman–Crippen MR) is 83.9 cm³/mol. The number of rotatable bonds is 1. The molecule has 2 rings (SSSR count). The van der Waals surface area contributed by atoms with Gasteiger partial charge in [-0.2, -0.15) is 0 Å². The summed E-state index contributed by atoms with van der Waals surface area (Å²) < 4.78 is 6.42. The number of hydrogen-bond acceptors (Lipinski definition) is 2. The molecule has 0 saturated carbocycles. The van der Waals surface area contributed by atoms with E-state index in [4.69, 9.17) is 4.74 Å². The molecule has 1 amide bonds. The van der Waals surface area contributed by atoms with Gasteiger partial charge in [-0.15, -0.1) is 0 Å². The number of halogens is 1. The Balaban J connectivity index is 2.19. The van der Waals surface area contributed by atoms with Crippen molar-refractivity contribution in [3.05, 3.63) is 33.8 Å². The van der Waals surface area contributed by atoms with Gasteiger partial charge in [0.15, 0.2) is 0 Å². The van der Waals surface area contributed by atoms with E-state index in [1.807, 2.05) is 26.8 Å². The summed E-state index contributed by atoms with van der Waals surface area (Å²) in [7, 11) is 0. The Morgan fingerprint density at radius 3 is 2.65 bits per heavy atom. The molecular formula is C16H22BrNO2. The third-order valence-corrected chi connectivity index (χ3v) is 4.02. The van der Waals surface area contributed by atoms with Gasteiger partial charge in [0, 0.05) is 4.47 Å². The summed E-state index contributed by atoms with van der Waals surface area (Å²) in [6, 6.07) is 6.26. The van der Waals surface area contributed by atoms with Crippen molar-refractivity contribution in [2.45, 2.75) is 58.1 Å². The summed E-state index contributed by atoms with van der Waals surface area (Å²) in [4.78, 5) is 12.0. The van der Waals surface area contributed by atoms with Crippen molar-refractivity contribution in [1.82, 2.24) is 5.32 Å². The Morgan fingerprint density at radius 1 is 1.40 bits per heavy atom. The Hall–Kier alpha value is -1.03. The summed E-state index contributed by atoms with van der Waals surface area (Å²) in [5.74, 6) is 0. The Labute approximate surface area is 129 Å². The topological polar surface area (TPSA) is 38.3 Å². The van der Waals surface area contributed by atoms with Crippen molar-refractivity contribution >= 4 is 22.0 Å². The quantitative estimate of drug-likeness (QED) is 0.805. The third kappa shape index (κ3) is 3.35. The standard InChI is InChI=1S/C16H22BrNO2/c1-15(2,3)20-14(19)18-13-9-16(4,5)12-8-10(17)6-7-11(12)13/h6-8,13H,9H2,1-5H3,(H,18,19). The number of alkyl carbamates (subject to hydrolysis) is 1. The first kappa shape index (κ1) is 15.4. The fourth-order valence-electron chi connectivity index (χ4n) is 2.73. The van der Waals surface area contributed by atoms with Crippen LogP contribution in [0.15, 0.2) is 22.7 Å². The minimum absolute atomic E-state index is 0.0166. The summed E-state index contributed by atoms with van der Waals surface area (Å²) in [5.41, 5.74) is 2.05. The minimum atomic E-state index is -0.471. The second-order valence-electron chi connectivity index (χ2n) is 7.02. The van der Waals surface area contributed by atoms with Gasteiger partial charge in [-0.25, -0.2) is 4.79 Å². The monoisotopic (exact) mass is 339 g/mol. The molecule has 0 fully saturated rings. The first-order valence-corrected chi connectivity index (χ1v) is 7.67. The zero-order chi connectivity index (χ0) is 15.1. The molecule has 1 aliphatic rings. The average molecular weight is 340 g/mol. The molecule has 1 N–H and O–H groups in total. The van der Waals surface area contributed by atoms with Crippen LogP contribution < -0.4 is 5.32 Å². The van der Waals surface area contributed by atoms with Crippen LogP contribution in [-0.2, 0) is 10.2 Å². The van der Waals surface area contributed by atoms with Gasteiger partial charge < -0.3 is 10.1 Å². The molecule has 20 heavy (non-hydrogen) atoms. The fraction of sp³-hybridized carbons (Fsp3) is 0.562. The molecule has 1 aliphatic carbocycles. The normalized spacial score (nSPS) is 20.4. The summed E-state index contributed by atoms with van der Waals surface area (Å²) >= 11 is 3.52. The van der Waals surface area contributed by atoms with Crippen LogP contribution in [0.2, 0.25) is 0 Å². The lowest BCUT2D eigenvalue weighted by Crippen LogP contribution is -2.34. The van der Waals surface area contributed by atoms with E-state index >= 15 is 0 Å². The Bertz CT molecular complexity index is 532. The molecule has 1 unspecified atom stereocenters. The maximum Gasteiger partial charge on any atom is 0.408 e. The highest BCUT2D eigenvalue weighted by molar-refractivity contribution is 9.10. The maximum atomic E-state index is 12.0. The van der Waals surface area contributed by atoms with E-state index < -0.39 is 5.60 Å². The molecule has 1 aromatic carbocycles. The van der Waals surface area contributed by atoms with E-state index in [-0.39, 0.29) is 17.6 Å². The van der Waals surface area contributed by atoms with Gasteiger partial charge in [0.2, 0.25) is 0 Å². The van der Waals surface area contributed by atoms with Gasteiger partial charge in [0.25, 0.3) is 0 Å². The van der Waals surface area contributed by atoms with Crippen LogP contribution in [0.25, 0.3) is 0 Å². The second-order valence-corrected chi connectivity index (χ2v) is 7.93. The van der Waals surface area contributed by atoms with Crippen molar-refractivity contribution in [3.8, 4) is 0 Å². The highest BCUT2D eigenvalue weighted by Gasteiger charge is 2.38. The van der Waals surface area contributed by atoms with Crippen LogP contribution in [0.5, 0.6) is 0 Å². The lowest BCUT2D eigenvalue weighted by atomic mass is 9.86.